The highest BCUT2D eigenvalue weighted by atomic mass is 32.1. The minimum absolute atomic E-state index is 0.0714. The van der Waals surface area contributed by atoms with Crippen LogP contribution in [0.5, 0.6) is 0 Å². The first kappa shape index (κ1) is 26.3. The number of thiophene rings is 2. The van der Waals surface area contributed by atoms with Crippen LogP contribution in [-0.4, -0.2) is 0 Å². The molecule has 10 rings (SSSR count). The van der Waals surface area contributed by atoms with Crippen LogP contribution < -0.4 is 4.90 Å². The molecule has 0 radical (unpaired) electrons. The minimum atomic E-state index is -0.0714. The Kier molecular flexibility index (Phi) is 5.44. The summed E-state index contributed by atoms with van der Waals surface area (Å²) in [4.78, 5) is 2.46. The molecule has 0 atom stereocenters. The number of fused-ring (bicyclic) bond motifs is 10. The predicted octanol–water partition coefficient (Wildman–Crippen LogP) is 13.4. The van der Waals surface area contributed by atoms with Gasteiger partial charge >= 0.3 is 0 Å². The van der Waals surface area contributed by atoms with Gasteiger partial charge < -0.3 is 4.90 Å². The topological polar surface area (TPSA) is 3.24 Å². The van der Waals surface area contributed by atoms with Crippen molar-refractivity contribution in [3.63, 3.8) is 0 Å². The lowest BCUT2D eigenvalue weighted by atomic mass is 9.82. The molecule has 218 valence electrons. The molecule has 0 aliphatic heterocycles. The Morgan fingerprint density at radius 3 is 1.83 bits per heavy atom. The maximum atomic E-state index is 2.46. The van der Waals surface area contributed by atoms with Crippen molar-refractivity contribution in [2.75, 3.05) is 4.90 Å². The minimum Gasteiger partial charge on any atom is -0.310 e. The zero-order valence-corrected chi connectivity index (χ0v) is 27.2. The van der Waals surface area contributed by atoms with Crippen LogP contribution >= 0.6 is 22.7 Å². The van der Waals surface area contributed by atoms with E-state index in [4.69, 9.17) is 0 Å². The molecule has 0 saturated carbocycles. The third-order valence-corrected chi connectivity index (χ3v) is 12.3. The molecule has 0 spiro atoms. The van der Waals surface area contributed by atoms with Crippen LogP contribution in [0.3, 0.4) is 0 Å². The summed E-state index contributed by atoms with van der Waals surface area (Å²) in [5.41, 5.74) is 8.93. The van der Waals surface area contributed by atoms with Crippen LogP contribution in [-0.2, 0) is 5.41 Å². The van der Waals surface area contributed by atoms with Gasteiger partial charge in [-0.2, -0.15) is 0 Å². The Morgan fingerprint density at radius 2 is 1.00 bits per heavy atom. The van der Waals surface area contributed by atoms with Gasteiger partial charge in [-0.05, 0) is 93.7 Å². The van der Waals surface area contributed by atoms with Gasteiger partial charge in [-0.25, -0.2) is 0 Å². The summed E-state index contributed by atoms with van der Waals surface area (Å²) in [6, 6.07) is 52.2. The number of rotatable bonds is 3. The van der Waals surface area contributed by atoms with Gasteiger partial charge in [-0.1, -0.05) is 92.7 Å². The summed E-state index contributed by atoms with van der Waals surface area (Å²) in [5.74, 6) is 0. The van der Waals surface area contributed by atoms with Gasteiger partial charge in [-0.3, -0.25) is 0 Å². The van der Waals surface area contributed by atoms with Gasteiger partial charge in [0.25, 0.3) is 0 Å². The Morgan fingerprint density at radius 1 is 0.413 bits per heavy atom. The van der Waals surface area contributed by atoms with E-state index in [2.05, 4.69) is 158 Å². The molecule has 0 fully saturated rings. The molecule has 7 aromatic carbocycles. The average molecular weight is 624 g/mol. The van der Waals surface area contributed by atoms with Crippen molar-refractivity contribution in [3.8, 4) is 11.1 Å². The van der Waals surface area contributed by atoms with Crippen LogP contribution in [0.1, 0.15) is 25.0 Å². The lowest BCUT2D eigenvalue weighted by molar-refractivity contribution is 0.660. The highest BCUT2D eigenvalue weighted by molar-refractivity contribution is 7.26. The molecule has 0 unspecified atom stereocenters. The van der Waals surface area contributed by atoms with Crippen molar-refractivity contribution >= 4 is 90.9 Å². The summed E-state index contributed by atoms with van der Waals surface area (Å²) >= 11 is 3.76. The zero-order chi connectivity index (χ0) is 30.6. The summed E-state index contributed by atoms with van der Waals surface area (Å²) in [5, 5.41) is 7.85. The molecule has 2 heterocycles. The Labute approximate surface area is 275 Å². The molecule has 0 amide bonds. The van der Waals surface area contributed by atoms with E-state index in [-0.39, 0.29) is 5.41 Å². The van der Waals surface area contributed by atoms with E-state index in [9.17, 15) is 0 Å². The summed E-state index contributed by atoms with van der Waals surface area (Å²) in [6.07, 6.45) is 0. The van der Waals surface area contributed by atoms with E-state index in [1.54, 1.807) is 0 Å². The van der Waals surface area contributed by atoms with E-state index < -0.39 is 0 Å². The molecule has 0 N–H and O–H groups in total. The summed E-state index contributed by atoms with van der Waals surface area (Å²) in [7, 11) is 0. The average Bonchev–Trinajstić information content (AvgIpc) is 3.71. The van der Waals surface area contributed by atoms with Crippen molar-refractivity contribution in [2.45, 2.75) is 19.3 Å². The van der Waals surface area contributed by atoms with Crippen LogP contribution in [0.2, 0.25) is 0 Å². The largest absolute Gasteiger partial charge is 0.310 e. The first-order valence-corrected chi connectivity index (χ1v) is 17.5. The summed E-state index contributed by atoms with van der Waals surface area (Å²) < 4.78 is 5.32. The van der Waals surface area contributed by atoms with E-state index in [1.807, 2.05) is 22.7 Å². The van der Waals surface area contributed by atoms with Gasteiger partial charge in [0, 0.05) is 62.8 Å². The van der Waals surface area contributed by atoms with Crippen molar-refractivity contribution in [3.05, 3.63) is 151 Å². The quantitative estimate of drug-likeness (QED) is 0.189. The first-order chi connectivity index (χ1) is 22.5. The molecule has 2 aromatic heterocycles. The number of benzene rings is 7. The van der Waals surface area contributed by atoms with Crippen LogP contribution in [0.25, 0.3) is 62.2 Å². The van der Waals surface area contributed by atoms with Gasteiger partial charge in [0.1, 0.15) is 0 Å². The molecule has 3 heteroatoms. The van der Waals surface area contributed by atoms with Crippen molar-refractivity contribution < 1.29 is 0 Å². The van der Waals surface area contributed by atoms with E-state index in [1.165, 1.54) is 90.4 Å². The summed E-state index contributed by atoms with van der Waals surface area (Å²) in [6.45, 7) is 4.73. The van der Waals surface area contributed by atoms with Gasteiger partial charge in [0.05, 0.1) is 0 Å². The SMILES string of the molecule is CC1(C)c2ccccc2-c2ccc(N(c3ccc4cc5sc6ccccc6c5cc4c3)c3ccc4c(c3)sc3ccccc34)cc21. The fourth-order valence-corrected chi connectivity index (χ4v) is 10.0. The molecule has 46 heavy (non-hydrogen) atoms. The second-order valence-corrected chi connectivity index (χ2v) is 15.2. The van der Waals surface area contributed by atoms with E-state index >= 15 is 0 Å². The standard InChI is InChI=1S/C43H29NS2/c1-43(2)37-12-6-3-9-31(37)32-19-17-29(24-38(32)43)44(30-18-20-35-33-10-4-7-13-39(33)46-42(35)25-30)28-16-15-26-23-41-36(22-27(26)21-28)34-11-5-8-14-40(34)45-41/h3-25H,1-2H3. The Bertz CT molecular complexity index is 2690. The molecule has 1 aliphatic carbocycles. The molecule has 0 bridgehead atoms. The second-order valence-electron chi connectivity index (χ2n) is 13.0. The maximum Gasteiger partial charge on any atom is 0.0476 e. The van der Waals surface area contributed by atoms with E-state index in [0.717, 1.165) is 0 Å². The molecule has 1 aliphatic rings. The number of anilines is 3. The smallest absolute Gasteiger partial charge is 0.0476 e. The molecular formula is C43H29NS2. The lowest BCUT2D eigenvalue weighted by Gasteiger charge is -2.28. The number of hydrogen-bond acceptors (Lipinski definition) is 3. The predicted molar refractivity (Wildman–Crippen MR) is 202 cm³/mol. The molecule has 9 aromatic rings. The third kappa shape index (κ3) is 3.73. The Balaban J connectivity index is 1.20. The van der Waals surface area contributed by atoms with Crippen molar-refractivity contribution in [1.82, 2.24) is 0 Å². The third-order valence-electron chi connectivity index (χ3n) is 10.0. The lowest BCUT2D eigenvalue weighted by Crippen LogP contribution is -2.16. The van der Waals surface area contributed by atoms with Gasteiger partial charge in [0.2, 0.25) is 0 Å². The van der Waals surface area contributed by atoms with Gasteiger partial charge in [0.15, 0.2) is 0 Å². The molecule has 1 nitrogen and oxygen atoms in total. The van der Waals surface area contributed by atoms with E-state index in [0.29, 0.717) is 0 Å². The highest BCUT2D eigenvalue weighted by Crippen LogP contribution is 2.51. The fourth-order valence-electron chi connectivity index (χ4n) is 7.73. The van der Waals surface area contributed by atoms with Crippen molar-refractivity contribution in [1.29, 1.82) is 0 Å². The molecule has 0 saturated heterocycles. The Hall–Kier alpha value is -4.96. The zero-order valence-electron chi connectivity index (χ0n) is 25.5. The monoisotopic (exact) mass is 623 g/mol. The van der Waals surface area contributed by atoms with Crippen molar-refractivity contribution in [2.24, 2.45) is 0 Å². The molecular weight excluding hydrogens is 595 g/mol. The number of hydrogen-bond donors (Lipinski definition) is 0. The second kappa shape index (κ2) is 9.53. The first-order valence-electron chi connectivity index (χ1n) is 15.8. The van der Waals surface area contributed by atoms with Crippen LogP contribution in [0.15, 0.2) is 140 Å². The maximum absolute atomic E-state index is 2.46. The van der Waals surface area contributed by atoms with Gasteiger partial charge in [-0.15, -0.1) is 22.7 Å². The number of nitrogens with zero attached hydrogens (tertiary/aromatic N) is 1. The normalized spacial score (nSPS) is 13.6. The fraction of sp³-hybridized carbons (Fsp3) is 0.0698. The van der Waals surface area contributed by atoms with Crippen LogP contribution in [0.4, 0.5) is 17.1 Å². The van der Waals surface area contributed by atoms with Crippen LogP contribution in [0, 0.1) is 0 Å². The highest BCUT2D eigenvalue weighted by Gasteiger charge is 2.35.